The summed E-state index contributed by atoms with van der Waals surface area (Å²) in [4.78, 5) is 33.1. The van der Waals surface area contributed by atoms with Gasteiger partial charge in [0.2, 0.25) is 11.8 Å². The van der Waals surface area contributed by atoms with Gasteiger partial charge < -0.3 is 15.2 Å². The van der Waals surface area contributed by atoms with Crippen molar-refractivity contribution in [3.63, 3.8) is 0 Å². The SMILES string of the molecule is C[C@H](C(=O)NCCc1nc2ccccc2[nH]1)N1CCCC1=O. The summed E-state index contributed by atoms with van der Waals surface area (Å²) in [5, 5.41) is 2.88. The van der Waals surface area contributed by atoms with Crippen molar-refractivity contribution in [2.45, 2.75) is 32.2 Å². The van der Waals surface area contributed by atoms with Gasteiger partial charge in [-0.15, -0.1) is 0 Å². The molecule has 1 fully saturated rings. The number of carbonyl (C=O) groups is 2. The number of hydrogen-bond donors (Lipinski definition) is 2. The van der Waals surface area contributed by atoms with Crippen molar-refractivity contribution in [2.75, 3.05) is 13.1 Å². The molecule has 1 aliphatic heterocycles. The first-order valence-electron chi connectivity index (χ1n) is 7.66. The fourth-order valence-electron chi connectivity index (χ4n) is 2.80. The van der Waals surface area contributed by atoms with E-state index >= 15 is 0 Å². The predicted molar refractivity (Wildman–Crippen MR) is 83.2 cm³/mol. The molecule has 2 aromatic rings. The summed E-state index contributed by atoms with van der Waals surface area (Å²) in [6.45, 7) is 2.96. The summed E-state index contributed by atoms with van der Waals surface area (Å²) in [7, 11) is 0. The lowest BCUT2D eigenvalue weighted by atomic mass is 10.2. The fraction of sp³-hybridized carbons (Fsp3) is 0.438. The number of rotatable bonds is 5. The van der Waals surface area contributed by atoms with Crippen LogP contribution in [0.3, 0.4) is 0 Å². The van der Waals surface area contributed by atoms with Gasteiger partial charge in [-0.05, 0) is 25.5 Å². The Morgan fingerprint density at radius 3 is 3.00 bits per heavy atom. The molecule has 0 spiro atoms. The van der Waals surface area contributed by atoms with Crippen LogP contribution in [-0.2, 0) is 16.0 Å². The molecule has 1 aliphatic rings. The highest BCUT2D eigenvalue weighted by Gasteiger charge is 2.29. The fourth-order valence-corrected chi connectivity index (χ4v) is 2.80. The summed E-state index contributed by atoms with van der Waals surface area (Å²) in [5.74, 6) is 0.817. The molecule has 0 aliphatic carbocycles. The molecule has 2 amide bonds. The standard InChI is InChI=1S/C16H20N4O2/c1-11(20-10-4-7-15(20)21)16(22)17-9-8-14-18-12-5-2-3-6-13(12)19-14/h2-3,5-6,11H,4,7-10H2,1H3,(H,17,22)(H,18,19)/t11-/m1/s1. The second kappa shape index (κ2) is 6.17. The van der Waals surface area contributed by atoms with Crippen LogP contribution in [0.1, 0.15) is 25.6 Å². The van der Waals surface area contributed by atoms with E-state index in [1.165, 1.54) is 0 Å². The third-order valence-electron chi connectivity index (χ3n) is 4.06. The number of H-pyrrole nitrogens is 1. The topological polar surface area (TPSA) is 78.1 Å². The number of benzene rings is 1. The molecule has 2 heterocycles. The molecule has 1 atom stereocenters. The average Bonchev–Trinajstić information content (AvgIpc) is 3.11. The lowest BCUT2D eigenvalue weighted by Gasteiger charge is -2.23. The second-order valence-electron chi connectivity index (χ2n) is 5.61. The highest BCUT2D eigenvalue weighted by Crippen LogP contribution is 2.13. The summed E-state index contributed by atoms with van der Waals surface area (Å²) in [6, 6.07) is 7.44. The Hall–Kier alpha value is -2.37. The number of aromatic amines is 1. The molecule has 1 aromatic heterocycles. The molecule has 0 saturated carbocycles. The van der Waals surface area contributed by atoms with Crippen molar-refractivity contribution in [3.8, 4) is 0 Å². The zero-order chi connectivity index (χ0) is 15.5. The molecule has 3 rings (SSSR count). The van der Waals surface area contributed by atoms with Gasteiger partial charge >= 0.3 is 0 Å². The number of likely N-dealkylation sites (tertiary alicyclic amines) is 1. The lowest BCUT2D eigenvalue weighted by Crippen LogP contribution is -2.46. The van der Waals surface area contributed by atoms with Gasteiger partial charge in [-0.2, -0.15) is 0 Å². The molecule has 116 valence electrons. The Labute approximate surface area is 128 Å². The largest absolute Gasteiger partial charge is 0.354 e. The summed E-state index contributed by atoms with van der Waals surface area (Å²) < 4.78 is 0. The summed E-state index contributed by atoms with van der Waals surface area (Å²) >= 11 is 0. The summed E-state index contributed by atoms with van der Waals surface area (Å²) in [6.07, 6.45) is 2.03. The molecule has 0 radical (unpaired) electrons. The average molecular weight is 300 g/mol. The quantitative estimate of drug-likeness (QED) is 0.872. The number of amides is 2. The maximum atomic E-state index is 12.1. The zero-order valence-electron chi connectivity index (χ0n) is 12.6. The van der Waals surface area contributed by atoms with E-state index in [1.807, 2.05) is 24.3 Å². The molecular weight excluding hydrogens is 280 g/mol. The molecule has 1 aromatic carbocycles. The van der Waals surface area contributed by atoms with Crippen molar-refractivity contribution in [3.05, 3.63) is 30.1 Å². The van der Waals surface area contributed by atoms with E-state index < -0.39 is 6.04 Å². The number of imidazole rings is 1. The van der Waals surface area contributed by atoms with Crippen LogP contribution in [0.4, 0.5) is 0 Å². The minimum Gasteiger partial charge on any atom is -0.354 e. The minimum absolute atomic E-state index is 0.0694. The van der Waals surface area contributed by atoms with E-state index in [0.29, 0.717) is 25.9 Å². The number of hydrogen-bond acceptors (Lipinski definition) is 3. The number of nitrogens with zero attached hydrogens (tertiary/aromatic N) is 2. The number of nitrogens with one attached hydrogen (secondary N) is 2. The van der Waals surface area contributed by atoms with E-state index in [1.54, 1.807) is 11.8 Å². The molecule has 2 N–H and O–H groups in total. The van der Waals surface area contributed by atoms with Crippen LogP contribution < -0.4 is 5.32 Å². The third-order valence-corrected chi connectivity index (χ3v) is 4.06. The van der Waals surface area contributed by atoms with Gasteiger partial charge in [-0.1, -0.05) is 12.1 Å². The normalized spacial score (nSPS) is 16.2. The Morgan fingerprint density at radius 1 is 1.45 bits per heavy atom. The Kier molecular flexibility index (Phi) is 4.09. The monoisotopic (exact) mass is 300 g/mol. The minimum atomic E-state index is -0.398. The highest BCUT2D eigenvalue weighted by atomic mass is 16.2. The van der Waals surface area contributed by atoms with Crippen molar-refractivity contribution < 1.29 is 9.59 Å². The van der Waals surface area contributed by atoms with Gasteiger partial charge in [0.25, 0.3) is 0 Å². The molecule has 6 heteroatoms. The zero-order valence-corrected chi connectivity index (χ0v) is 12.6. The first-order chi connectivity index (χ1) is 10.6. The number of carbonyl (C=O) groups excluding carboxylic acids is 2. The van der Waals surface area contributed by atoms with Crippen molar-refractivity contribution in [1.29, 1.82) is 0 Å². The van der Waals surface area contributed by atoms with Gasteiger partial charge in [0.1, 0.15) is 11.9 Å². The van der Waals surface area contributed by atoms with Gasteiger partial charge in [0.05, 0.1) is 11.0 Å². The Bertz CT molecular complexity index is 661. The smallest absolute Gasteiger partial charge is 0.242 e. The molecule has 1 saturated heterocycles. The highest BCUT2D eigenvalue weighted by molar-refractivity contribution is 5.88. The first-order valence-corrected chi connectivity index (χ1v) is 7.66. The van der Waals surface area contributed by atoms with Gasteiger partial charge in [0.15, 0.2) is 0 Å². The van der Waals surface area contributed by atoms with E-state index in [4.69, 9.17) is 0 Å². The van der Waals surface area contributed by atoms with E-state index in [-0.39, 0.29) is 11.8 Å². The van der Waals surface area contributed by atoms with E-state index in [0.717, 1.165) is 23.3 Å². The maximum absolute atomic E-state index is 12.1. The van der Waals surface area contributed by atoms with E-state index in [2.05, 4.69) is 15.3 Å². The number of fused-ring (bicyclic) bond motifs is 1. The second-order valence-corrected chi connectivity index (χ2v) is 5.61. The van der Waals surface area contributed by atoms with Gasteiger partial charge in [0, 0.05) is 25.9 Å². The van der Waals surface area contributed by atoms with Crippen LogP contribution in [0.2, 0.25) is 0 Å². The van der Waals surface area contributed by atoms with E-state index in [9.17, 15) is 9.59 Å². The maximum Gasteiger partial charge on any atom is 0.242 e. The van der Waals surface area contributed by atoms with Gasteiger partial charge in [-0.25, -0.2) is 4.98 Å². The summed E-state index contributed by atoms with van der Waals surface area (Å²) in [5.41, 5.74) is 1.93. The number of para-hydroxylation sites is 2. The Morgan fingerprint density at radius 2 is 2.27 bits per heavy atom. The first kappa shape index (κ1) is 14.6. The van der Waals surface area contributed by atoms with Crippen molar-refractivity contribution >= 4 is 22.8 Å². The molecule has 22 heavy (non-hydrogen) atoms. The van der Waals surface area contributed by atoms with Crippen molar-refractivity contribution in [1.82, 2.24) is 20.2 Å². The number of aromatic nitrogens is 2. The van der Waals surface area contributed by atoms with Crippen LogP contribution in [0, 0.1) is 0 Å². The van der Waals surface area contributed by atoms with Crippen molar-refractivity contribution in [2.24, 2.45) is 0 Å². The lowest BCUT2D eigenvalue weighted by molar-refractivity contribution is -0.136. The van der Waals surface area contributed by atoms with Crippen LogP contribution >= 0.6 is 0 Å². The Balaban J connectivity index is 1.51. The third kappa shape index (κ3) is 2.95. The molecular formula is C16H20N4O2. The molecule has 0 bridgehead atoms. The van der Waals surface area contributed by atoms with Crippen LogP contribution in [0.25, 0.3) is 11.0 Å². The van der Waals surface area contributed by atoms with Crippen LogP contribution in [-0.4, -0.2) is 45.8 Å². The van der Waals surface area contributed by atoms with Gasteiger partial charge in [-0.3, -0.25) is 9.59 Å². The molecule has 6 nitrogen and oxygen atoms in total. The van der Waals surface area contributed by atoms with Crippen LogP contribution in [0.5, 0.6) is 0 Å². The predicted octanol–water partition coefficient (Wildman–Crippen LogP) is 1.23. The molecule has 0 unspecified atom stereocenters. The van der Waals surface area contributed by atoms with Crippen LogP contribution in [0.15, 0.2) is 24.3 Å².